The van der Waals surface area contributed by atoms with E-state index in [0.717, 1.165) is 50.5 Å². The molecule has 28 heavy (non-hydrogen) atoms. The van der Waals surface area contributed by atoms with Gasteiger partial charge in [-0.25, -0.2) is 18.4 Å². The number of esters is 2. The van der Waals surface area contributed by atoms with Crippen molar-refractivity contribution in [3.05, 3.63) is 35.0 Å². The Morgan fingerprint density at radius 2 is 1.79 bits per heavy atom. The molecule has 0 N–H and O–H groups in total. The number of hydrogen-bond acceptors (Lipinski definition) is 7. The number of ether oxygens (including phenoxy) is 4. The Balaban J connectivity index is 1.93. The smallest absolute Gasteiger partial charge is 0.355 e. The van der Waals surface area contributed by atoms with Crippen LogP contribution in [0.3, 0.4) is 0 Å². The lowest BCUT2D eigenvalue weighted by molar-refractivity contribution is -0.140. The first-order valence-electron chi connectivity index (χ1n) is 8.83. The number of anilines is 1. The van der Waals surface area contributed by atoms with E-state index in [2.05, 4.69) is 4.74 Å². The van der Waals surface area contributed by atoms with Crippen LogP contribution >= 0.6 is 0 Å². The maximum atomic E-state index is 14.5. The molecule has 7 nitrogen and oxygen atoms in total. The van der Waals surface area contributed by atoms with Gasteiger partial charge in [0, 0.05) is 17.8 Å². The average Bonchev–Trinajstić information content (AvgIpc) is 2.66. The Kier molecular flexibility index (Phi) is 6.13. The summed E-state index contributed by atoms with van der Waals surface area (Å²) >= 11 is 0. The van der Waals surface area contributed by atoms with E-state index in [-0.39, 0.29) is 36.9 Å². The number of methoxy groups -OCH3 is 2. The lowest BCUT2D eigenvalue weighted by Gasteiger charge is -2.31. The lowest BCUT2D eigenvalue weighted by atomic mass is 9.86. The molecule has 0 atom stereocenters. The summed E-state index contributed by atoms with van der Waals surface area (Å²) in [5.74, 6) is -3.63. The maximum Gasteiger partial charge on any atom is 0.355 e. The van der Waals surface area contributed by atoms with Crippen molar-refractivity contribution in [3.63, 3.8) is 0 Å². The third-order valence-corrected chi connectivity index (χ3v) is 4.82. The van der Waals surface area contributed by atoms with E-state index in [4.69, 9.17) is 14.2 Å². The molecule has 0 radical (unpaired) electrons. The first kappa shape index (κ1) is 20.1. The molecule has 0 bridgehead atoms. The van der Waals surface area contributed by atoms with Crippen molar-refractivity contribution in [3.8, 4) is 5.75 Å². The Labute approximate surface area is 160 Å². The molecule has 1 aliphatic heterocycles. The van der Waals surface area contributed by atoms with Crippen LogP contribution in [0, 0.1) is 17.6 Å². The second kappa shape index (κ2) is 8.55. The second-order valence-electron chi connectivity index (χ2n) is 6.56. The highest BCUT2D eigenvalue weighted by molar-refractivity contribution is 6.03. The summed E-state index contributed by atoms with van der Waals surface area (Å²) in [4.78, 5) is 25.4. The summed E-state index contributed by atoms with van der Waals surface area (Å²) in [6.07, 6.45) is 3.06. The van der Waals surface area contributed by atoms with E-state index in [0.29, 0.717) is 5.92 Å². The van der Waals surface area contributed by atoms with Gasteiger partial charge in [-0.3, -0.25) is 0 Å². The fourth-order valence-electron chi connectivity index (χ4n) is 3.05. The van der Waals surface area contributed by atoms with Crippen molar-refractivity contribution in [1.29, 1.82) is 0 Å². The van der Waals surface area contributed by atoms with Gasteiger partial charge in [0.15, 0.2) is 17.4 Å². The van der Waals surface area contributed by atoms with Gasteiger partial charge >= 0.3 is 11.9 Å². The molecule has 2 aliphatic rings. The molecule has 9 heteroatoms. The van der Waals surface area contributed by atoms with Gasteiger partial charge in [0.2, 0.25) is 0 Å². The molecule has 1 aromatic rings. The summed E-state index contributed by atoms with van der Waals surface area (Å²) in [5.41, 5.74) is -0.318. The topological polar surface area (TPSA) is 74.3 Å². The Bertz CT molecular complexity index is 783. The number of nitrogens with zero attached hydrogens (tertiary/aromatic N) is 1. The first-order chi connectivity index (χ1) is 13.5. The van der Waals surface area contributed by atoms with Crippen LogP contribution in [0.2, 0.25) is 0 Å². The van der Waals surface area contributed by atoms with Crippen molar-refractivity contribution in [2.24, 2.45) is 5.92 Å². The molecular formula is C19H21F2NO6. The largest absolute Gasteiger partial charge is 0.487 e. The van der Waals surface area contributed by atoms with Gasteiger partial charge in [0.05, 0.1) is 33.0 Å². The van der Waals surface area contributed by atoms with Gasteiger partial charge in [-0.15, -0.1) is 0 Å². The number of halogens is 2. The zero-order valence-electron chi connectivity index (χ0n) is 15.6. The van der Waals surface area contributed by atoms with E-state index in [1.807, 2.05) is 0 Å². The quantitative estimate of drug-likeness (QED) is 0.683. The zero-order valence-corrected chi connectivity index (χ0v) is 15.6. The molecular weight excluding hydrogens is 376 g/mol. The van der Waals surface area contributed by atoms with Gasteiger partial charge in [0.25, 0.3) is 0 Å². The third kappa shape index (κ3) is 3.94. The third-order valence-electron chi connectivity index (χ3n) is 4.82. The van der Waals surface area contributed by atoms with E-state index in [1.165, 1.54) is 0 Å². The van der Waals surface area contributed by atoms with Crippen molar-refractivity contribution < 1.29 is 37.3 Å². The van der Waals surface area contributed by atoms with Crippen LogP contribution in [0.5, 0.6) is 5.75 Å². The van der Waals surface area contributed by atoms with Crippen LogP contribution in [0.15, 0.2) is 23.4 Å². The monoisotopic (exact) mass is 397 g/mol. The van der Waals surface area contributed by atoms with E-state index >= 15 is 0 Å². The fraction of sp³-hybridized carbons (Fsp3) is 0.474. The van der Waals surface area contributed by atoms with Gasteiger partial charge in [0.1, 0.15) is 12.4 Å². The Morgan fingerprint density at radius 3 is 2.32 bits per heavy atom. The molecule has 3 rings (SSSR count). The highest BCUT2D eigenvalue weighted by Crippen LogP contribution is 2.34. The van der Waals surface area contributed by atoms with Gasteiger partial charge in [-0.1, -0.05) is 6.42 Å². The standard InChI is InChI=1S/C19H21F2NO6/c1-25-18(23)13-9-27-10-22(16(13)19(24)26-2)12-6-14(20)17(15(21)7-12)28-8-11-4-3-5-11/h6-7,11H,3-5,8-10H2,1-2H3. The van der Waals surface area contributed by atoms with Crippen LogP contribution in [-0.4, -0.2) is 46.1 Å². The maximum absolute atomic E-state index is 14.5. The Morgan fingerprint density at radius 1 is 1.14 bits per heavy atom. The van der Waals surface area contributed by atoms with E-state index < -0.39 is 29.3 Å². The van der Waals surface area contributed by atoms with Crippen LogP contribution in [0.4, 0.5) is 14.5 Å². The fourth-order valence-corrected chi connectivity index (χ4v) is 3.05. The van der Waals surface area contributed by atoms with Gasteiger partial charge in [-0.05, 0) is 18.8 Å². The van der Waals surface area contributed by atoms with Crippen LogP contribution in [0.1, 0.15) is 19.3 Å². The first-order valence-corrected chi connectivity index (χ1v) is 8.83. The highest BCUT2D eigenvalue weighted by Gasteiger charge is 2.33. The zero-order chi connectivity index (χ0) is 20.3. The highest BCUT2D eigenvalue weighted by atomic mass is 19.1. The number of hydrogen-bond donors (Lipinski definition) is 0. The van der Waals surface area contributed by atoms with Gasteiger partial charge in [-0.2, -0.15) is 0 Å². The number of rotatable bonds is 6. The summed E-state index contributed by atoms with van der Waals surface area (Å²) in [7, 11) is 2.28. The molecule has 1 heterocycles. The molecule has 1 aromatic carbocycles. The molecule has 152 valence electrons. The normalized spacial score (nSPS) is 17.2. The van der Waals surface area contributed by atoms with E-state index in [1.54, 1.807) is 0 Å². The number of benzene rings is 1. The van der Waals surface area contributed by atoms with Crippen molar-refractivity contribution in [2.45, 2.75) is 19.3 Å². The average molecular weight is 397 g/mol. The minimum atomic E-state index is -0.913. The lowest BCUT2D eigenvalue weighted by Crippen LogP contribution is -2.38. The van der Waals surface area contributed by atoms with Crippen molar-refractivity contribution >= 4 is 17.6 Å². The number of carbonyl (C=O) groups is 2. The predicted molar refractivity (Wildman–Crippen MR) is 93.6 cm³/mol. The molecule has 0 spiro atoms. The predicted octanol–water partition coefficient (Wildman–Crippen LogP) is 2.54. The van der Waals surface area contributed by atoms with Crippen molar-refractivity contribution in [1.82, 2.24) is 0 Å². The summed E-state index contributed by atoms with van der Waals surface area (Å²) in [6.45, 7) is -0.146. The summed E-state index contributed by atoms with van der Waals surface area (Å²) < 4.78 is 49.0. The van der Waals surface area contributed by atoms with E-state index in [9.17, 15) is 18.4 Å². The molecule has 0 saturated heterocycles. The van der Waals surface area contributed by atoms with Crippen molar-refractivity contribution in [2.75, 3.05) is 39.1 Å². The minimum absolute atomic E-state index is 0.0208. The number of carbonyl (C=O) groups excluding carboxylic acids is 2. The van der Waals surface area contributed by atoms with Crippen LogP contribution in [-0.2, 0) is 23.8 Å². The van der Waals surface area contributed by atoms with Crippen LogP contribution in [0.25, 0.3) is 0 Å². The molecule has 1 fully saturated rings. The molecule has 1 aliphatic carbocycles. The Hall–Kier alpha value is -2.68. The summed E-state index contributed by atoms with van der Waals surface area (Å²) in [5, 5.41) is 0. The molecule has 0 amide bonds. The second-order valence-corrected chi connectivity index (χ2v) is 6.56. The van der Waals surface area contributed by atoms with Gasteiger partial charge < -0.3 is 23.8 Å². The SMILES string of the molecule is COC(=O)C1=C(C(=O)OC)N(c2cc(F)c(OCC3CCC3)c(F)c2)COC1. The molecule has 1 saturated carbocycles. The molecule has 0 aromatic heterocycles. The minimum Gasteiger partial charge on any atom is -0.487 e. The summed E-state index contributed by atoms with van der Waals surface area (Å²) in [6, 6.07) is 2.04. The van der Waals surface area contributed by atoms with Crippen LogP contribution < -0.4 is 9.64 Å². The molecule has 0 unspecified atom stereocenters.